The van der Waals surface area contributed by atoms with Gasteiger partial charge in [0.15, 0.2) is 5.13 Å². The van der Waals surface area contributed by atoms with Gasteiger partial charge >= 0.3 is 0 Å². The van der Waals surface area contributed by atoms with E-state index in [4.69, 9.17) is 4.74 Å². The van der Waals surface area contributed by atoms with Crippen LogP contribution in [0.5, 0.6) is 5.75 Å². The van der Waals surface area contributed by atoms with Gasteiger partial charge in [0.05, 0.1) is 18.4 Å². The summed E-state index contributed by atoms with van der Waals surface area (Å²) in [6.07, 6.45) is 0. The van der Waals surface area contributed by atoms with Gasteiger partial charge in [0.1, 0.15) is 5.75 Å². The summed E-state index contributed by atoms with van der Waals surface area (Å²) in [4.78, 5) is 4.59. The van der Waals surface area contributed by atoms with Crippen LogP contribution in [-0.2, 0) is 0 Å². The zero-order valence-corrected chi connectivity index (χ0v) is 11.6. The average Bonchev–Trinajstić information content (AvgIpc) is 2.94. The molecule has 0 amide bonds. The van der Waals surface area contributed by atoms with Crippen LogP contribution in [0.3, 0.4) is 0 Å². The molecule has 2 aromatic carbocycles. The Hall–Kier alpha value is -2.07. The topological polar surface area (TPSA) is 34.2 Å². The number of hydrogen-bond donors (Lipinski definition) is 1. The lowest BCUT2D eigenvalue weighted by atomic mass is 10.0. The Morgan fingerprint density at radius 1 is 1.16 bits per heavy atom. The van der Waals surface area contributed by atoms with Gasteiger partial charge in [-0.25, -0.2) is 4.98 Å². The van der Waals surface area contributed by atoms with E-state index in [1.807, 2.05) is 25.2 Å². The number of ether oxygens (including phenoxy) is 1. The molecule has 0 fully saturated rings. The number of nitrogens with zero attached hydrogens (tertiary/aromatic N) is 1. The quantitative estimate of drug-likeness (QED) is 0.780. The van der Waals surface area contributed by atoms with Crippen molar-refractivity contribution in [3.63, 3.8) is 0 Å². The van der Waals surface area contributed by atoms with E-state index in [1.54, 1.807) is 18.4 Å². The number of benzene rings is 2. The maximum absolute atomic E-state index is 5.49. The fourth-order valence-corrected chi connectivity index (χ4v) is 2.85. The van der Waals surface area contributed by atoms with Crippen molar-refractivity contribution in [2.75, 3.05) is 19.5 Å². The summed E-state index contributed by atoms with van der Waals surface area (Å²) in [7, 11) is 3.57. The SMILES string of the molecule is CNc1nc(-c2c(OC)ccc3ccccc23)cs1. The van der Waals surface area contributed by atoms with Crippen molar-refractivity contribution in [3.8, 4) is 17.0 Å². The highest BCUT2D eigenvalue weighted by molar-refractivity contribution is 7.14. The van der Waals surface area contributed by atoms with Gasteiger partial charge < -0.3 is 10.1 Å². The van der Waals surface area contributed by atoms with Crippen LogP contribution in [0.15, 0.2) is 41.8 Å². The smallest absolute Gasteiger partial charge is 0.182 e. The lowest BCUT2D eigenvalue weighted by molar-refractivity contribution is 0.417. The van der Waals surface area contributed by atoms with Crippen LogP contribution in [0.2, 0.25) is 0 Å². The van der Waals surface area contributed by atoms with E-state index in [1.165, 1.54) is 5.39 Å². The van der Waals surface area contributed by atoms with Crippen molar-refractivity contribution in [2.45, 2.75) is 0 Å². The summed E-state index contributed by atoms with van der Waals surface area (Å²) in [5.74, 6) is 0.853. The molecule has 0 aliphatic heterocycles. The first-order chi connectivity index (χ1) is 9.33. The van der Waals surface area contributed by atoms with E-state index in [2.05, 4.69) is 33.9 Å². The second-order valence-electron chi connectivity index (χ2n) is 4.15. The molecule has 0 unspecified atom stereocenters. The predicted octanol–water partition coefficient (Wildman–Crippen LogP) is 4.01. The molecule has 1 N–H and O–H groups in total. The molecule has 0 aliphatic rings. The van der Waals surface area contributed by atoms with Gasteiger partial charge in [0.25, 0.3) is 0 Å². The fourth-order valence-electron chi connectivity index (χ4n) is 2.19. The molecule has 0 bridgehead atoms. The summed E-state index contributed by atoms with van der Waals surface area (Å²) < 4.78 is 5.49. The lowest BCUT2D eigenvalue weighted by Gasteiger charge is -2.10. The van der Waals surface area contributed by atoms with E-state index in [0.717, 1.165) is 27.5 Å². The first-order valence-corrected chi connectivity index (χ1v) is 6.91. The van der Waals surface area contributed by atoms with Crippen LogP contribution in [0, 0.1) is 0 Å². The minimum absolute atomic E-state index is 0.853. The summed E-state index contributed by atoms with van der Waals surface area (Å²) in [6.45, 7) is 0. The van der Waals surface area contributed by atoms with Crippen LogP contribution < -0.4 is 10.1 Å². The third kappa shape index (κ3) is 2.04. The zero-order chi connectivity index (χ0) is 13.2. The molecule has 0 saturated carbocycles. The lowest BCUT2D eigenvalue weighted by Crippen LogP contribution is -1.91. The Kier molecular flexibility index (Phi) is 3.09. The molecule has 19 heavy (non-hydrogen) atoms. The third-order valence-corrected chi connectivity index (χ3v) is 3.94. The van der Waals surface area contributed by atoms with E-state index in [9.17, 15) is 0 Å². The van der Waals surface area contributed by atoms with Crippen molar-refractivity contribution in [1.82, 2.24) is 4.98 Å². The second-order valence-corrected chi connectivity index (χ2v) is 5.01. The van der Waals surface area contributed by atoms with E-state index >= 15 is 0 Å². The average molecular weight is 270 g/mol. The van der Waals surface area contributed by atoms with Crippen molar-refractivity contribution in [1.29, 1.82) is 0 Å². The first-order valence-electron chi connectivity index (χ1n) is 6.03. The van der Waals surface area contributed by atoms with Gasteiger partial charge in [0, 0.05) is 12.4 Å². The van der Waals surface area contributed by atoms with Crippen LogP contribution >= 0.6 is 11.3 Å². The number of aromatic nitrogens is 1. The second kappa shape index (κ2) is 4.90. The number of anilines is 1. The van der Waals surface area contributed by atoms with Crippen LogP contribution in [0.1, 0.15) is 0 Å². The van der Waals surface area contributed by atoms with Gasteiger partial charge in [-0.1, -0.05) is 30.3 Å². The van der Waals surface area contributed by atoms with Crippen LogP contribution in [-0.4, -0.2) is 19.1 Å². The minimum atomic E-state index is 0.853. The molecule has 3 nitrogen and oxygen atoms in total. The van der Waals surface area contributed by atoms with Crippen LogP contribution in [0.4, 0.5) is 5.13 Å². The number of nitrogens with one attached hydrogen (secondary N) is 1. The van der Waals surface area contributed by atoms with E-state index in [-0.39, 0.29) is 0 Å². The molecule has 0 radical (unpaired) electrons. The molecular weight excluding hydrogens is 256 g/mol. The Labute approximate surface area is 115 Å². The molecule has 1 heterocycles. The highest BCUT2D eigenvalue weighted by atomic mass is 32.1. The van der Waals surface area contributed by atoms with Gasteiger partial charge in [0.2, 0.25) is 0 Å². The number of hydrogen-bond acceptors (Lipinski definition) is 4. The third-order valence-electron chi connectivity index (χ3n) is 3.08. The Morgan fingerprint density at radius 2 is 2.00 bits per heavy atom. The minimum Gasteiger partial charge on any atom is -0.496 e. The molecule has 4 heteroatoms. The van der Waals surface area contributed by atoms with Gasteiger partial charge in [-0.3, -0.25) is 0 Å². The van der Waals surface area contributed by atoms with E-state index < -0.39 is 0 Å². The molecule has 96 valence electrons. The largest absolute Gasteiger partial charge is 0.496 e. The first kappa shape index (κ1) is 12.0. The van der Waals surface area contributed by atoms with E-state index in [0.29, 0.717) is 0 Å². The maximum Gasteiger partial charge on any atom is 0.182 e. The van der Waals surface area contributed by atoms with Crippen molar-refractivity contribution < 1.29 is 4.74 Å². The van der Waals surface area contributed by atoms with Crippen molar-refractivity contribution in [3.05, 3.63) is 41.8 Å². The van der Waals surface area contributed by atoms with Gasteiger partial charge in [-0.15, -0.1) is 11.3 Å². The molecular formula is C15H14N2OS. The van der Waals surface area contributed by atoms with Crippen LogP contribution in [0.25, 0.3) is 22.0 Å². The standard InChI is InChI=1S/C15H14N2OS/c1-16-15-17-12(9-19-15)14-11-6-4-3-5-10(11)7-8-13(14)18-2/h3-9H,1-2H3,(H,16,17). The van der Waals surface area contributed by atoms with Gasteiger partial charge in [-0.2, -0.15) is 0 Å². The molecule has 0 aliphatic carbocycles. The molecule has 3 rings (SSSR count). The van der Waals surface area contributed by atoms with Crippen molar-refractivity contribution >= 4 is 27.2 Å². The fraction of sp³-hybridized carbons (Fsp3) is 0.133. The van der Waals surface area contributed by atoms with Crippen molar-refractivity contribution in [2.24, 2.45) is 0 Å². The monoisotopic (exact) mass is 270 g/mol. The number of thiazole rings is 1. The molecule has 3 aromatic rings. The number of rotatable bonds is 3. The Morgan fingerprint density at radius 3 is 2.74 bits per heavy atom. The Balaban J connectivity index is 2.30. The Bertz CT molecular complexity index is 721. The molecule has 0 saturated heterocycles. The number of methoxy groups -OCH3 is 1. The summed E-state index contributed by atoms with van der Waals surface area (Å²) in [5.41, 5.74) is 2.00. The normalized spacial score (nSPS) is 10.6. The molecule has 1 aromatic heterocycles. The molecule has 0 atom stereocenters. The zero-order valence-electron chi connectivity index (χ0n) is 10.8. The summed E-state index contributed by atoms with van der Waals surface area (Å²) in [5, 5.41) is 8.38. The predicted molar refractivity (Wildman–Crippen MR) is 81.2 cm³/mol. The van der Waals surface area contributed by atoms with Gasteiger partial charge in [-0.05, 0) is 16.8 Å². The summed E-state index contributed by atoms with van der Waals surface area (Å²) >= 11 is 1.59. The summed E-state index contributed by atoms with van der Waals surface area (Å²) in [6, 6.07) is 12.4. The highest BCUT2D eigenvalue weighted by Crippen LogP contribution is 2.37. The molecule has 0 spiro atoms. The highest BCUT2D eigenvalue weighted by Gasteiger charge is 2.13. The maximum atomic E-state index is 5.49. The number of fused-ring (bicyclic) bond motifs is 1.